The van der Waals surface area contributed by atoms with Crippen molar-refractivity contribution in [3.05, 3.63) is 33.9 Å². The summed E-state index contributed by atoms with van der Waals surface area (Å²) in [5, 5.41) is 10.9. The lowest BCUT2D eigenvalue weighted by Crippen LogP contribution is -2.34. The molecule has 0 bridgehead atoms. The molecule has 3 rings (SSSR count). The molecule has 0 spiro atoms. The molecule has 1 fully saturated rings. The number of nitrogens with zero attached hydrogens (tertiary/aromatic N) is 2. The molecule has 1 heterocycles. The number of anilines is 1. The summed E-state index contributed by atoms with van der Waals surface area (Å²) >= 11 is 0. The van der Waals surface area contributed by atoms with Crippen molar-refractivity contribution >= 4 is 29.7 Å². The number of hydrogen-bond acceptors (Lipinski definition) is 4. The Morgan fingerprint density at radius 1 is 1.41 bits per heavy atom. The average Bonchev–Trinajstić information content (AvgIpc) is 3.04. The first-order chi connectivity index (χ1) is 10.1. The highest BCUT2D eigenvalue weighted by molar-refractivity contribution is 5.96. The maximum Gasteiger partial charge on any atom is 0.271 e. The maximum absolute atomic E-state index is 12.5. The van der Waals surface area contributed by atoms with Crippen molar-refractivity contribution < 1.29 is 9.72 Å². The zero-order valence-electron chi connectivity index (χ0n) is 12.2. The molecule has 1 aliphatic carbocycles. The minimum absolute atomic E-state index is 0. The summed E-state index contributed by atoms with van der Waals surface area (Å²) in [5.41, 5.74) is 7.76. The molecule has 22 heavy (non-hydrogen) atoms. The molecule has 6 nitrogen and oxygen atoms in total. The van der Waals surface area contributed by atoms with Crippen LogP contribution in [0.1, 0.15) is 31.2 Å². The summed E-state index contributed by atoms with van der Waals surface area (Å²) in [6, 6.07) is 4.87. The molecule has 2 N–H and O–H groups in total. The van der Waals surface area contributed by atoms with Crippen LogP contribution in [-0.2, 0) is 11.2 Å². The number of rotatable bonds is 3. The number of benzene rings is 1. The van der Waals surface area contributed by atoms with Gasteiger partial charge in [-0.3, -0.25) is 14.9 Å². The van der Waals surface area contributed by atoms with Crippen molar-refractivity contribution in [1.29, 1.82) is 0 Å². The van der Waals surface area contributed by atoms with Crippen molar-refractivity contribution in [1.82, 2.24) is 0 Å². The number of amides is 1. The average molecular weight is 326 g/mol. The third kappa shape index (κ3) is 3.08. The number of non-ortho nitro benzene ring substituents is 1. The topological polar surface area (TPSA) is 89.5 Å². The van der Waals surface area contributed by atoms with Crippen molar-refractivity contribution in [2.75, 3.05) is 11.4 Å². The van der Waals surface area contributed by atoms with Crippen LogP contribution in [0.2, 0.25) is 0 Å². The van der Waals surface area contributed by atoms with Crippen LogP contribution in [0.5, 0.6) is 0 Å². The molecule has 7 heteroatoms. The van der Waals surface area contributed by atoms with Crippen molar-refractivity contribution in [2.45, 2.75) is 38.1 Å². The van der Waals surface area contributed by atoms with Gasteiger partial charge in [-0.25, -0.2) is 0 Å². The van der Waals surface area contributed by atoms with E-state index in [2.05, 4.69) is 0 Å². The summed E-state index contributed by atoms with van der Waals surface area (Å²) in [6.45, 7) is 0.608. The molecule has 2 atom stereocenters. The first kappa shape index (κ1) is 16.7. The van der Waals surface area contributed by atoms with Gasteiger partial charge in [0.25, 0.3) is 5.69 Å². The van der Waals surface area contributed by atoms with Gasteiger partial charge in [0.2, 0.25) is 5.91 Å². The Kier molecular flexibility index (Phi) is 5.03. The second kappa shape index (κ2) is 6.62. The van der Waals surface area contributed by atoms with Gasteiger partial charge in [-0.15, -0.1) is 12.4 Å². The predicted molar refractivity (Wildman–Crippen MR) is 86.3 cm³/mol. The molecule has 120 valence electrons. The van der Waals surface area contributed by atoms with Crippen LogP contribution < -0.4 is 10.6 Å². The predicted octanol–water partition coefficient (Wildman–Crippen LogP) is 2.42. The minimum atomic E-state index is -0.422. The number of carbonyl (C=O) groups is 1. The van der Waals surface area contributed by atoms with Crippen LogP contribution >= 0.6 is 12.4 Å². The van der Waals surface area contributed by atoms with E-state index in [1.807, 2.05) is 0 Å². The number of nitro groups is 1. The Morgan fingerprint density at radius 2 is 2.18 bits per heavy atom. The van der Waals surface area contributed by atoms with Gasteiger partial charge < -0.3 is 10.6 Å². The first-order valence-electron chi connectivity index (χ1n) is 7.39. The number of fused-ring (bicyclic) bond motifs is 1. The molecule has 1 saturated carbocycles. The lowest BCUT2D eigenvalue weighted by atomic mass is 9.99. The Hall–Kier alpha value is -1.66. The quantitative estimate of drug-likeness (QED) is 0.682. The van der Waals surface area contributed by atoms with E-state index >= 15 is 0 Å². The van der Waals surface area contributed by atoms with E-state index in [1.54, 1.807) is 11.0 Å². The van der Waals surface area contributed by atoms with Crippen LogP contribution in [0, 0.1) is 16.0 Å². The highest BCUT2D eigenvalue weighted by Gasteiger charge is 2.31. The molecule has 1 aromatic carbocycles. The lowest BCUT2D eigenvalue weighted by Gasteiger charge is -2.21. The SMILES string of the molecule is Cl.N[C@@H]1CCC[C@H]1CC(=O)N1CCc2ccc([N+](=O)[O-])cc21. The lowest BCUT2D eigenvalue weighted by molar-refractivity contribution is -0.384. The number of nitro benzene ring substituents is 1. The fourth-order valence-electron chi connectivity index (χ4n) is 3.39. The maximum atomic E-state index is 12.5. The van der Waals surface area contributed by atoms with Crippen molar-refractivity contribution in [3.63, 3.8) is 0 Å². The first-order valence-corrected chi connectivity index (χ1v) is 7.39. The van der Waals surface area contributed by atoms with Gasteiger partial charge in [0.05, 0.1) is 10.6 Å². The zero-order valence-corrected chi connectivity index (χ0v) is 13.1. The molecule has 0 unspecified atom stereocenters. The molecule has 2 aliphatic rings. The Bertz CT molecular complexity index is 593. The standard InChI is InChI=1S/C15H19N3O3.ClH/c16-13-3-1-2-11(13)8-15(19)17-7-6-10-4-5-12(18(20)21)9-14(10)17;/h4-5,9,11,13H,1-3,6-8,16H2;1H/t11-,13+;/m0./s1. The molecule has 1 aromatic rings. The second-order valence-corrected chi connectivity index (χ2v) is 5.92. The van der Waals surface area contributed by atoms with Gasteiger partial charge in [0.15, 0.2) is 0 Å². The Balaban J connectivity index is 0.00000176. The van der Waals surface area contributed by atoms with Crippen LogP contribution in [0.3, 0.4) is 0 Å². The fraction of sp³-hybridized carbons (Fsp3) is 0.533. The van der Waals surface area contributed by atoms with E-state index in [0.717, 1.165) is 31.2 Å². The summed E-state index contributed by atoms with van der Waals surface area (Å²) in [7, 11) is 0. The number of carbonyl (C=O) groups excluding carboxylic acids is 1. The third-order valence-corrected chi connectivity index (χ3v) is 4.63. The molecule has 0 radical (unpaired) electrons. The largest absolute Gasteiger partial charge is 0.327 e. The smallest absolute Gasteiger partial charge is 0.271 e. The molecule has 0 aromatic heterocycles. The Morgan fingerprint density at radius 3 is 2.82 bits per heavy atom. The van der Waals surface area contributed by atoms with Gasteiger partial charge in [-0.1, -0.05) is 12.5 Å². The van der Waals surface area contributed by atoms with Crippen LogP contribution in [0.25, 0.3) is 0 Å². The number of nitrogens with two attached hydrogens (primary N) is 1. The van der Waals surface area contributed by atoms with Gasteiger partial charge in [0.1, 0.15) is 0 Å². The zero-order chi connectivity index (χ0) is 15.0. The van der Waals surface area contributed by atoms with Crippen LogP contribution in [0.15, 0.2) is 18.2 Å². The van der Waals surface area contributed by atoms with Crippen LogP contribution in [-0.4, -0.2) is 23.4 Å². The summed E-state index contributed by atoms with van der Waals surface area (Å²) in [6.07, 6.45) is 4.28. The fourth-order valence-corrected chi connectivity index (χ4v) is 3.39. The van der Waals surface area contributed by atoms with Gasteiger partial charge >= 0.3 is 0 Å². The summed E-state index contributed by atoms with van der Waals surface area (Å²) in [5.74, 6) is 0.289. The van der Waals surface area contributed by atoms with E-state index in [9.17, 15) is 14.9 Å². The van der Waals surface area contributed by atoms with E-state index in [0.29, 0.717) is 18.7 Å². The monoisotopic (exact) mass is 325 g/mol. The minimum Gasteiger partial charge on any atom is -0.327 e. The Labute approximate surface area is 135 Å². The highest BCUT2D eigenvalue weighted by atomic mass is 35.5. The summed E-state index contributed by atoms with van der Waals surface area (Å²) < 4.78 is 0. The molecular formula is C15H20ClN3O3. The molecule has 0 saturated heterocycles. The van der Waals surface area contributed by atoms with Gasteiger partial charge in [0, 0.05) is 31.1 Å². The van der Waals surface area contributed by atoms with Gasteiger partial charge in [-0.2, -0.15) is 0 Å². The number of halogens is 1. The normalized spacial score (nSPS) is 23.0. The highest BCUT2D eigenvalue weighted by Crippen LogP contribution is 2.34. The second-order valence-electron chi connectivity index (χ2n) is 5.92. The van der Waals surface area contributed by atoms with E-state index in [1.165, 1.54) is 12.1 Å². The van der Waals surface area contributed by atoms with E-state index in [-0.39, 0.29) is 36.0 Å². The van der Waals surface area contributed by atoms with Gasteiger partial charge in [-0.05, 0) is 30.7 Å². The van der Waals surface area contributed by atoms with E-state index in [4.69, 9.17) is 5.73 Å². The van der Waals surface area contributed by atoms with Crippen molar-refractivity contribution in [2.24, 2.45) is 11.7 Å². The van der Waals surface area contributed by atoms with Crippen molar-refractivity contribution in [3.8, 4) is 0 Å². The summed E-state index contributed by atoms with van der Waals surface area (Å²) in [4.78, 5) is 24.6. The molecular weight excluding hydrogens is 306 g/mol. The van der Waals surface area contributed by atoms with E-state index < -0.39 is 4.92 Å². The van der Waals surface area contributed by atoms with Crippen LogP contribution in [0.4, 0.5) is 11.4 Å². The molecule has 1 amide bonds. The number of hydrogen-bond donors (Lipinski definition) is 1. The third-order valence-electron chi connectivity index (χ3n) is 4.63. The molecule has 1 aliphatic heterocycles.